The van der Waals surface area contributed by atoms with E-state index in [-0.39, 0.29) is 5.82 Å². The molecule has 1 unspecified atom stereocenters. The number of carboxylic acid groups (broad SMARTS) is 1. The van der Waals surface area contributed by atoms with Gasteiger partial charge < -0.3 is 5.11 Å². The van der Waals surface area contributed by atoms with Crippen molar-refractivity contribution in [2.45, 2.75) is 39.7 Å². The van der Waals surface area contributed by atoms with Gasteiger partial charge in [-0.3, -0.25) is 9.69 Å². The molecule has 0 amide bonds. The Morgan fingerprint density at radius 1 is 1.50 bits per heavy atom. The van der Waals surface area contributed by atoms with Gasteiger partial charge in [0, 0.05) is 18.7 Å². The fourth-order valence-electron chi connectivity index (χ4n) is 3.04. The molecule has 1 aliphatic rings. The van der Waals surface area contributed by atoms with Crippen LogP contribution in [0.15, 0.2) is 18.2 Å². The van der Waals surface area contributed by atoms with Crippen molar-refractivity contribution in [2.75, 3.05) is 13.1 Å². The van der Waals surface area contributed by atoms with E-state index in [1.807, 2.05) is 19.9 Å². The average molecular weight is 279 g/mol. The van der Waals surface area contributed by atoms with E-state index in [0.29, 0.717) is 31.5 Å². The van der Waals surface area contributed by atoms with Crippen LogP contribution in [0.25, 0.3) is 0 Å². The van der Waals surface area contributed by atoms with Gasteiger partial charge in [-0.15, -0.1) is 0 Å². The Balaban J connectivity index is 2.13. The number of carboxylic acids is 1. The van der Waals surface area contributed by atoms with Crippen LogP contribution in [-0.4, -0.2) is 29.1 Å². The second kappa shape index (κ2) is 5.92. The van der Waals surface area contributed by atoms with Crippen LogP contribution >= 0.6 is 0 Å². The summed E-state index contributed by atoms with van der Waals surface area (Å²) >= 11 is 0. The van der Waals surface area contributed by atoms with Crippen molar-refractivity contribution >= 4 is 5.97 Å². The zero-order valence-electron chi connectivity index (χ0n) is 12.2. The molecule has 1 fully saturated rings. The van der Waals surface area contributed by atoms with Crippen molar-refractivity contribution in [3.8, 4) is 0 Å². The molecule has 1 N–H and O–H groups in total. The van der Waals surface area contributed by atoms with Gasteiger partial charge in [0.05, 0.1) is 5.41 Å². The number of aliphatic carboxylic acids is 1. The maximum atomic E-state index is 13.8. The minimum Gasteiger partial charge on any atom is -0.481 e. The van der Waals surface area contributed by atoms with Crippen molar-refractivity contribution < 1.29 is 14.3 Å². The smallest absolute Gasteiger partial charge is 0.310 e. The molecule has 4 heteroatoms. The summed E-state index contributed by atoms with van der Waals surface area (Å²) in [6, 6.07) is 5.08. The number of piperidine rings is 1. The minimum absolute atomic E-state index is 0.210. The lowest BCUT2D eigenvalue weighted by Crippen LogP contribution is -2.47. The van der Waals surface area contributed by atoms with E-state index < -0.39 is 11.4 Å². The number of benzene rings is 1. The molecular formula is C16H22FNO2. The molecule has 0 bridgehead atoms. The van der Waals surface area contributed by atoms with Crippen LogP contribution in [0.3, 0.4) is 0 Å². The normalized spacial score (nSPS) is 23.8. The predicted octanol–water partition coefficient (Wildman–Crippen LogP) is 3.21. The van der Waals surface area contributed by atoms with Crippen LogP contribution in [0, 0.1) is 18.2 Å². The third-order valence-electron chi connectivity index (χ3n) is 4.38. The maximum Gasteiger partial charge on any atom is 0.310 e. The first kappa shape index (κ1) is 15.0. The second-order valence-electron chi connectivity index (χ2n) is 5.85. The van der Waals surface area contributed by atoms with Gasteiger partial charge in [-0.25, -0.2) is 4.39 Å². The van der Waals surface area contributed by atoms with E-state index in [1.165, 1.54) is 6.07 Å². The predicted molar refractivity (Wildman–Crippen MR) is 76.0 cm³/mol. The second-order valence-corrected chi connectivity index (χ2v) is 5.85. The molecule has 110 valence electrons. The molecule has 3 nitrogen and oxygen atoms in total. The number of carbonyl (C=O) groups is 1. The Bertz CT molecular complexity index is 503. The van der Waals surface area contributed by atoms with E-state index in [0.717, 1.165) is 18.5 Å². The lowest BCUT2D eigenvalue weighted by atomic mass is 9.77. The van der Waals surface area contributed by atoms with Crippen molar-refractivity contribution in [3.63, 3.8) is 0 Å². The molecule has 0 radical (unpaired) electrons. The minimum atomic E-state index is -0.727. The molecular weight excluding hydrogens is 257 g/mol. The van der Waals surface area contributed by atoms with Gasteiger partial charge in [-0.2, -0.15) is 0 Å². The summed E-state index contributed by atoms with van der Waals surface area (Å²) in [7, 11) is 0. The van der Waals surface area contributed by atoms with Crippen molar-refractivity contribution in [3.05, 3.63) is 35.1 Å². The van der Waals surface area contributed by atoms with E-state index in [1.54, 1.807) is 6.07 Å². The van der Waals surface area contributed by atoms with Gasteiger partial charge in [-0.1, -0.05) is 24.6 Å². The standard InChI is InChI=1S/C16H22FNO2/c1-3-16(15(19)20)7-4-8-18(11-16)10-13-9-12(2)5-6-14(13)17/h5-6,9H,3-4,7-8,10-11H2,1-2H3,(H,19,20). The lowest BCUT2D eigenvalue weighted by Gasteiger charge is -2.39. The van der Waals surface area contributed by atoms with Crippen LogP contribution in [0.4, 0.5) is 4.39 Å². The first-order chi connectivity index (χ1) is 9.47. The highest BCUT2D eigenvalue weighted by Crippen LogP contribution is 2.34. The summed E-state index contributed by atoms with van der Waals surface area (Å²) in [5.41, 5.74) is 1.01. The third-order valence-corrected chi connectivity index (χ3v) is 4.38. The lowest BCUT2D eigenvalue weighted by molar-refractivity contribution is -0.153. The van der Waals surface area contributed by atoms with E-state index in [9.17, 15) is 14.3 Å². The molecule has 2 rings (SSSR count). The molecule has 0 aliphatic carbocycles. The van der Waals surface area contributed by atoms with Crippen molar-refractivity contribution in [1.29, 1.82) is 0 Å². The summed E-state index contributed by atoms with van der Waals surface area (Å²) < 4.78 is 13.8. The number of likely N-dealkylation sites (tertiary alicyclic amines) is 1. The largest absolute Gasteiger partial charge is 0.481 e. The van der Waals surface area contributed by atoms with Crippen LogP contribution < -0.4 is 0 Å². The van der Waals surface area contributed by atoms with Crippen molar-refractivity contribution in [1.82, 2.24) is 4.90 Å². The quantitative estimate of drug-likeness (QED) is 0.920. The van der Waals surface area contributed by atoms with Crippen LogP contribution in [-0.2, 0) is 11.3 Å². The van der Waals surface area contributed by atoms with Gasteiger partial charge in [0.25, 0.3) is 0 Å². The molecule has 1 aromatic rings. The Hall–Kier alpha value is -1.42. The molecule has 20 heavy (non-hydrogen) atoms. The molecule has 1 aromatic carbocycles. The highest BCUT2D eigenvalue weighted by molar-refractivity contribution is 5.75. The zero-order valence-corrected chi connectivity index (χ0v) is 12.2. The molecule has 1 saturated heterocycles. The van der Waals surface area contributed by atoms with Gasteiger partial charge in [0.2, 0.25) is 0 Å². The average Bonchev–Trinajstić information content (AvgIpc) is 2.43. The highest BCUT2D eigenvalue weighted by Gasteiger charge is 2.40. The third kappa shape index (κ3) is 3.01. The van der Waals surface area contributed by atoms with E-state index in [4.69, 9.17) is 0 Å². The zero-order chi connectivity index (χ0) is 14.8. The highest BCUT2D eigenvalue weighted by atomic mass is 19.1. The first-order valence-electron chi connectivity index (χ1n) is 7.17. The topological polar surface area (TPSA) is 40.5 Å². The number of hydrogen-bond acceptors (Lipinski definition) is 2. The molecule has 0 spiro atoms. The molecule has 0 aromatic heterocycles. The van der Waals surface area contributed by atoms with E-state index in [2.05, 4.69) is 4.90 Å². The summed E-state index contributed by atoms with van der Waals surface area (Å²) in [4.78, 5) is 13.6. The summed E-state index contributed by atoms with van der Waals surface area (Å²) in [5, 5.41) is 9.47. The van der Waals surface area contributed by atoms with Gasteiger partial charge in [0.15, 0.2) is 0 Å². The SMILES string of the molecule is CCC1(C(=O)O)CCCN(Cc2cc(C)ccc2F)C1. The van der Waals surface area contributed by atoms with Gasteiger partial charge in [0.1, 0.15) is 5.82 Å². The monoisotopic (exact) mass is 279 g/mol. The Kier molecular flexibility index (Phi) is 4.43. The Morgan fingerprint density at radius 3 is 2.90 bits per heavy atom. The summed E-state index contributed by atoms with van der Waals surface area (Å²) in [5.74, 6) is -0.937. The van der Waals surface area contributed by atoms with Crippen molar-refractivity contribution in [2.24, 2.45) is 5.41 Å². The summed E-state index contributed by atoms with van der Waals surface area (Å²) in [6.45, 7) is 5.69. The van der Waals surface area contributed by atoms with E-state index >= 15 is 0 Å². The molecule has 1 atom stereocenters. The summed E-state index contributed by atoms with van der Waals surface area (Å²) in [6.07, 6.45) is 2.19. The van der Waals surface area contributed by atoms with Crippen LogP contribution in [0.1, 0.15) is 37.3 Å². The molecule has 1 heterocycles. The fourth-order valence-corrected chi connectivity index (χ4v) is 3.04. The number of aryl methyl sites for hydroxylation is 1. The van der Waals surface area contributed by atoms with Gasteiger partial charge >= 0.3 is 5.97 Å². The Labute approximate surface area is 119 Å². The number of nitrogens with zero attached hydrogens (tertiary/aromatic N) is 1. The number of rotatable bonds is 4. The fraction of sp³-hybridized carbons (Fsp3) is 0.562. The first-order valence-corrected chi connectivity index (χ1v) is 7.17. The van der Waals surface area contributed by atoms with Gasteiger partial charge in [-0.05, 0) is 38.8 Å². The van der Waals surface area contributed by atoms with Crippen LogP contribution in [0.5, 0.6) is 0 Å². The number of hydrogen-bond donors (Lipinski definition) is 1. The van der Waals surface area contributed by atoms with Crippen LogP contribution in [0.2, 0.25) is 0 Å². The number of halogens is 1. The molecule has 1 aliphatic heterocycles. The maximum absolute atomic E-state index is 13.8. The Morgan fingerprint density at radius 2 is 2.25 bits per heavy atom. The molecule has 0 saturated carbocycles.